The Kier molecular flexibility index (Phi) is 6.62. The number of ketones is 2. The van der Waals surface area contributed by atoms with E-state index < -0.39 is 16.9 Å². The van der Waals surface area contributed by atoms with E-state index in [2.05, 4.69) is 16.6 Å². The topological polar surface area (TPSA) is 61.3 Å². The van der Waals surface area contributed by atoms with Crippen LogP contribution in [0, 0.1) is 34.8 Å². The summed E-state index contributed by atoms with van der Waals surface area (Å²) in [6.45, 7) is 25.9. The maximum Gasteiger partial charge on any atom is 0.282 e. The molecule has 5 atom stereocenters. The van der Waals surface area contributed by atoms with Crippen molar-refractivity contribution in [2.75, 3.05) is 0 Å². The lowest BCUT2D eigenvalue weighted by atomic mass is 9.58. The summed E-state index contributed by atoms with van der Waals surface area (Å²) in [5.41, 5.74) is -1.27. The van der Waals surface area contributed by atoms with Crippen molar-refractivity contribution >= 4 is 11.6 Å². The molecule has 180 valence electrons. The van der Waals surface area contributed by atoms with E-state index in [1.807, 2.05) is 46.8 Å². The summed E-state index contributed by atoms with van der Waals surface area (Å²) in [5.74, 6) is -0.0828. The van der Waals surface area contributed by atoms with Gasteiger partial charge in [0, 0.05) is 20.2 Å². The van der Waals surface area contributed by atoms with Gasteiger partial charge in [0.25, 0.3) is 6.04 Å². The van der Waals surface area contributed by atoms with Crippen LogP contribution in [0.1, 0.15) is 71.2 Å². The monoisotopic (exact) mass is 456 g/mol. The molecular formula is C27H38N2O4. The molecule has 0 amide bonds. The SMILES string of the molecule is C.[2H][2H].[C-]#[N+]C1=C[C@]2(C)CC=CO[C@@H]2C(C)(C)C1=O.[C-]#[N+]C1CC2(C)CC=COC2C(C)(C)C1=O. The predicted molar refractivity (Wildman–Crippen MR) is 130 cm³/mol. The van der Waals surface area contributed by atoms with Crippen LogP contribution in [-0.2, 0) is 19.1 Å². The number of rotatable bonds is 0. The summed E-state index contributed by atoms with van der Waals surface area (Å²) in [7, 11) is 0. The normalized spacial score (nSPS) is 37.3. The van der Waals surface area contributed by atoms with Crippen molar-refractivity contribution < 1.29 is 22.0 Å². The lowest BCUT2D eigenvalue weighted by Crippen LogP contribution is -2.57. The average Bonchev–Trinajstić information content (AvgIpc) is 2.80. The molecule has 1 fully saturated rings. The first kappa shape index (κ1) is 24.8. The minimum absolute atomic E-state index is 0. The molecule has 0 aromatic rings. The van der Waals surface area contributed by atoms with Crippen molar-refractivity contribution in [3.8, 4) is 0 Å². The Bertz CT molecular complexity index is 1000. The van der Waals surface area contributed by atoms with Crippen molar-refractivity contribution in [3.05, 3.63) is 59.3 Å². The maximum atomic E-state index is 12.2. The van der Waals surface area contributed by atoms with Gasteiger partial charge in [-0.05, 0) is 38.8 Å². The Labute approximate surface area is 201 Å². The van der Waals surface area contributed by atoms with Crippen molar-refractivity contribution in [3.63, 3.8) is 0 Å². The van der Waals surface area contributed by atoms with Crippen LogP contribution in [0.25, 0.3) is 9.69 Å². The Morgan fingerprint density at radius 3 is 2.12 bits per heavy atom. The summed E-state index contributed by atoms with van der Waals surface area (Å²) in [4.78, 5) is 31.1. The number of hydrogen-bond donors (Lipinski definition) is 0. The molecule has 0 saturated heterocycles. The number of allylic oxidation sites excluding steroid dienone is 3. The van der Waals surface area contributed by atoms with Crippen LogP contribution in [0.15, 0.2) is 36.4 Å². The highest BCUT2D eigenvalue weighted by Gasteiger charge is 2.59. The molecule has 6 heteroatoms. The van der Waals surface area contributed by atoms with E-state index in [1.165, 1.54) is 0 Å². The van der Waals surface area contributed by atoms with Gasteiger partial charge in [-0.2, -0.15) is 0 Å². The second kappa shape index (κ2) is 8.82. The molecular weight excluding hydrogens is 416 g/mol. The minimum Gasteiger partial charge on any atom is -0.497 e. The summed E-state index contributed by atoms with van der Waals surface area (Å²) in [6, 6.07) is -0.494. The fraction of sp³-hybridized carbons (Fsp3) is 0.630. The van der Waals surface area contributed by atoms with E-state index in [4.69, 9.17) is 25.6 Å². The molecule has 33 heavy (non-hydrogen) atoms. The van der Waals surface area contributed by atoms with Gasteiger partial charge in [-0.25, -0.2) is 11.4 Å². The van der Waals surface area contributed by atoms with Crippen LogP contribution in [0.4, 0.5) is 0 Å². The second-order valence-corrected chi connectivity index (χ2v) is 11.0. The lowest BCUT2D eigenvalue weighted by Gasteiger charge is -2.49. The lowest BCUT2D eigenvalue weighted by molar-refractivity contribution is -0.153. The van der Waals surface area contributed by atoms with Gasteiger partial charge in [-0.15, -0.1) is 0 Å². The summed E-state index contributed by atoms with van der Waals surface area (Å²) < 4.78 is 21.3. The number of Topliss-reactive ketones (excluding diaryl/α,β-unsaturated/α-hetero) is 2. The maximum absolute atomic E-state index is 12.2. The third-order valence-corrected chi connectivity index (χ3v) is 7.46. The van der Waals surface area contributed by atoms with Gasteiger partial charge < -0.3 is 19.1 Å². The van der Waals surface area contributed by atoms with Gasteiger partial charge in [0.05, 0.1) is 29.9 Å². The predicted octanol–water partition coefficient (Wildman–Crippen LogP) is 6.17. The smallest absolute Gasteiger partial charge is 0.282 e. The van der Waals surface area contributed by atoms with E-state index in [0.29, 0.717) is 6.42 Å². The fourth-order valence-electron chi connectivity index (χ4n) is 5.89. The molecule has 2 aliphatic heterocycles. The number of carbonyl (C=O) groups is 2. The molecule has 0 aromatic heterocycles. The average molecular weight is 457 g/mol. The van der Waals surface area contributed by atoms with Gasteiger partial charge in [0.15, 0.2) is 5.78 Å². The van der Waals surface area contributed by atoms with Gasteiger partial charge in [0.2, 0.25) is 11.5 Å². The zero-order chi connectivity index (χ0) is 25.9. The summed E-state index contributed by atoms with van der Waals surface area (Å²) in [6.07, 6.45) is 11.1. The quantitative estimate of drug-likeness (QED) is 0.409. The summed E-state index contributed by atoms with van der Waals surface area (Å²) >= 11 is 0. The Hall–Kier alpha value is -2.86. The molecule has 4 aliphatic rings. The highest BCUT2D eigenvalue weighted by Crippen LogP contribution is 2.51. The van der Waals surface area contributed by atoms with Crippen LogP contribution >= 0.6 is 0 Å². The molecule has 4 rings (SSSR count). The van der Waals surface area contributed by atoms with Gasteiger partial charge in [-0.3, -0.25) is 4.79 Å². The molecule has 6 nitrogen and oxygen atoms in total. The number of hydrogen-bond acceptors (Lipinski definition) is 4. The zero-order valence-electron chi connectivity index (χ0n) is 21.8. The third kappa shape index (κ3) is 4.24. The van der Waals surface area contributed by atoms with Crippen molar-refractivity contribution in [2.45, 2.75) is 86.5 Å². The molecule has 1 saturated carbocycles. The minimum atomic E-state index is -0.631. The van der Waals surface area contributed by atoms with Gasteiger partial charge in [-0.1, -0.05) is 41.2 Å². The first-order chi connectivity index (χ1) is 15.8. The van der Waals surface area contributed by atoms with Crippen LogP contribution in [-0.4, -0.2) is 29.8 Å². The Morgan fingerprint density at radius 1 is 0.970 bits per heavy atom. The zero-order valence-corrected chi connectivity index (χ0v) is 19.8. The first-order valence-corrected chi connectivity index (χ1v) is 11.0. The van der Waals surface area contributed by atoms with Crippen molar-refractivity contribution in [2.24, 2.45) is 21.7 Å². The van der Waals surface area contributed by atoms with E-state index >= 15 is 0 Å². The molecule has 0 radical (unpaired) electrons. The van der Waals surface area contributed by atoms with Crippen LogP contribution < -0.4 is 0 Å². The molecule has 2 heterocycles. The molecule has 0 aromatic carbocycles. The largest absolute Gasteiger partial charge is 0.497 e. The van der Waals surface area contributed by atoms with E-state index in [0.717, 1.165) is 12.8 Å². The number of ether oxygens (including phenoxy) is 2. The van der Waals surface area contributed by atoms with E-state index in [1.54, 1.807) is 18.6 Å². The first-order valence-electron chi connectivity index (χ1n) is 12.0. The fourth-order valence-corrected chi connectivity index (χ4v) is 5.89. The highest BCUT2D eigenvalue weighted by atomic mass is 16.5. The van der Waals surface area contributed by atoms with Crippen LogP contribution in [0.3, 0.4) is 0 Å². The van der Waals surface area contributed by atoms with Crippen LogP contribution in [0.5, 0.6) is 0 Å². The number of carbonyl (C=O) groups excluding carboxylic acids is 2. The summed E-state index contributed by atoms with van der Waals surface area (Å²) in [5, 5.41) is 0. The number of fused-ring (bicyclic) bond motifs is 2. The van der Waals surface area contributed by atoms with E-state index in [-0.39, 0.29) is 47.7 Å². The van der Waals surface area contributed by atoms with Crippen molar-refractivity contribution in [1.82, 2.24) is 0 Å². The van der Waals surface area contributed by atoms with E-state index in [9.17, 15) is 9.59 Å². The number of nitrogens with zero attached hydrogens (tertiary/aromatic N) is 2. The van der Waals surface area contributed by atoms with Gasteiger partial charge in [0.1, 0.15) is 12.2 Å². The Balaban J connectivity index is 0.000000318. The van der Waals surface area contributed by atoms with Crippen LogP contribution in [0.2, 0.25) is 0 Å². The molecule has 0 bridgehead atoms. The molecule has 3 unspecified atom stereocenters. The molecule has 0 spiro atoms. The van der Waals surface area contributed by atoms with Gasteiger partial charge >= 0.3 is 0 Å². The highest BCUT2D eigenvalue weighted by molar-refractivity contribution is 6.02. The third-order valence-electron chi connectivity index (χ3n) is 7.46. The second-order valence-electron chi connectivity index (χ2n) is 11.0. The standard InChI is InChI=1S/C13H17NO2.C13H15NO2.CH4.H2/c2*1-12(2)10(15)9(14-4)8-13(3)6-5-7-16-11(12)13;;/h5,7,9,11H,6,8H2,1-3H3;5,7-8,11H,6H2,1-3H3;1H4;1H/t;11-,13+;;/m.1../s1/i;;;1+1D. The molecule has 0 N–H and O–H groups in total. The van der Waals surface area contributed by atoms with Crippen molar-refractivity contribution in [1.29, 1.82) is 0 Å². The Morgan fingerprint density at radius 2 is 1.55 bits per heavy atom. The molecule has 2 aliphatic carbocycles.